The van der Waals surface area contributed by atoms with Gasteiger partial charge in [0, 0.05) is 31.5 Å². The zero-order valence-corrected chi connectivity index (χ0v) is 20.5. The highest BCUT2D eigenvalue weighted by atomic mass is 32.2. The summed E-state index contributed by atoms with van der Waals surface area (Å²) in [6, 6.07) is 10.1. The SMILES string of the molecule is O=C1CN(c2c(OCc3ccccc3)cc3c(c2F)CN(C(=O)NCC2CC(F)(F)C2)CC3)S(=O)(=O)N1. The van der Waals surface area contributed by atoms with Gasteiger partial charge < -0.3 is 15.0 Å². The summed E-state index contributed by atoms with van der Waals surface area (Å²) in [5.74, 6) is -4.76. The predicted molar refractivity (Wildman–Crippen MR) is 127 cm³/mol. The minimum absolute atomic E-state index is 0.0378. The maximum atomic E-state index is 16.0. The largest absolute Gasteiger partial charge is 0.487 e. The first-order valence-corrected chi connectivity index (χ1v) is 13.2. The molecular weight excluding hydrogens is 513 g/mol. The van der Waals surface area contributed by atoms with E-state index in [1.807, 2.05) is 10.8 Å². The van der Waals surface area contributed by atoms with E-state index in [9.17, 15) is 26.8 Å². The van der Waals surface area contributed by atoms with E-state index in [2.05, 4.69) is 5.32 Å². The maximum absolute atomic E-state index is 16.0. The lowest BCUT2D eigenvalue weighted by Gasteiger charge is -2.36. The van der Waals surface area contributed by atoms with E-state index in [1.54, 1.807) is 30.3 Å². The second-order valence-electron chi connectivity index (χ2n) is 9.47. The number of nitrogens with one attached hydrogen (secondary N) is 2. The van der Waals surface area contributed by atoms with E-state index >= 15 is 4.39 Å². The van der Waals surface area contributed by atoms with E-state index < -0.39 is 46.1 Å². The summed E-state index contributed by atoms with van der Waals surface area (Å²) in [6.07, 6.45) is -0.291. The number of amides is 3. The van der Waals surface area contributed by atoms with E-state index in [0.717, 1.165) is 5.56 Å². The Kier molecular flexibility index (Phi) is 6.42. The van der Waals surface area contributed by atoms with Crippen LogP contribution in [0.1, 0.15) is 29.5 Å². The van der Waals surface area contributed by atoms with Gasteiger partial charge in [-0.25, -0.2) is 27.0 Å². The van der Waals surface area contributed by atoms with Crippen LogP contribution in [0.4, 0.5) is 23.7 Å². The predicted octanol–water partition coefficient (Wildman–Crippen LogP) is 2.70. The highest BCUT2D eigenvalue weighted by Gasteiger charge is 2.45. The quantitative estimate of drug-likeness (QED) is 0.588. The lowest BCUT2D eigenvalue weighted by molar-refractivity contribution is -0.117. The van der Waals surface area contributed by atoms with Crippen molar-refractivity contribution >= 4 is 27.8 Å². The van der Waals surface area contributed by atoms with Crippen molar-refractivity contribution < 1.29 is 35.9 Å². The molecule has 0 aromatic heterocycles. The molecule has 1 saturated carbocycles. The Hall–Kier alpha value is -3.48. The average Bonchev–Trinajstić information content (AvgIpc) is 3.11. The molecule has 1 saturated heterocycles. The van der Waals surface area contributed by atoms with Crippen LogP contribution in [0.3, 0.4) is 0 Å². The fourth-order valence-corrected chi connectivity index (χ4v) is 5.95. The van der Waals surface area contributed by atoms with Crippen LogP contribution in [0.25, 0.3) is 0 Å². The molecule has 3 aliphatic rings. The van der Waals surface area contributed by atoms with Crippen molar-refractivity contribution in [3.63, 3.8) is 0 Å². The number of anilines is 1. The molecule has 0 bridgehead atoms. The first kappa shape index (κ1) is 25.2. The summed E-state index contributed by atoms with van der Waals surface area (Å²) in [5, 5.41) is 2.63. The molecule has 9 nitrogen and oxygen atoms in total. The number of alkyl halides is 2. The van der Waals surface area contributed by atoms with Gasteiger partial charge in [-0.3, -0.25) is 4.79 Å². The molecule has 37 heavy (non-hydrogen) atoms. The molecule has 198 valence electrons. The van der Waals surface area contributed by atoms with Crippen LogP contribution >= 0.6 is 0 Å². The Morgan fingerprint density at radius 1 is 1.19 bits per heavy atom. The normalized spacial score (nSPS) is 20.1. The minimum Gasteiger partial charge on any atom is -0.487 e. The molecule has 2 aromatic rings. The van der Waals surface area contributed by atoms with Gasteiger partial charge in [0.15, 0.2) is 5.82 Å². The van der Waals surface area contributed by atoms with Crippen molar-refractivity contribution in [3.8, 4) is 5.75 Å². The summed E-state index contributed by atoms with van der Waals surface area (Å²) in [6.45, 7) is -0.392. The third kappa shape index (κ3) is 5.17. The Labute approximate surface area is 211 Å². The Balaban J connectivity index is 1.40. The highest BCUT2D eigenvalue weighted by Crippen LogP contribution is 2.42. The topological polar surface area (TPSA) is 108 Å². The Morgan fingerprint density at radius 2 is 1.92 bits per heavy atom. The monoisotopic (exact) mass is 538 g/mol. The van der Waals surface area contributed by atoms with Crippen LogP contribution in [-0.4, -0.2) is 50.8 Å². The fraction of sp³-hybridized carbons (Fsp3) is 0.417. The van der Waals surface area contributed by atoms with Gasteiger partial charge in [0.05, 0.1) is 6.54 Å². The number of nitrogens with zero attached hydrogens (tertiary/aromatic N) is 2. The van der Waals surface area contributed by atoms with Crippen LogP contribution in [0.15, 0.2) is 36.4 Å². The number of carbonyl (C=O) groups is 2. The van der Waals surface area contributed by atoms with Gasteiger partial charge >= 0.3 is 16.2 Å². The number of benzene rings is 2. The van der Waals surface area contributed by atoms with E-state index in [1.165, 1.54) is 4.90 Å². The summed E-state index contributed by atoms with van der Waals surface area (Å²) in [4.78, 5) is 25.9. The van der Waals surface area contributed by atoms with Crippen molar-refractivity contribution in [2.45, 2.75) is 38.3 Å². The van der Waals surface area contributed by atoms with Crippen molar-refractivity contribution in [2.24, 2.45) is 5.92 Å². The summed E-state index contributed by atoms with van der Waals surface area (Å²) >= 11 is 0. The number of halogens is 3. The van der Waals surface area contributed by atoms with Crippen LogP contribution < -0.4 is 19.1 Å². The number of urea groups is 1. The van der Waals surface area contributed by atoms with Gasteiger partial charge in [-0.2, -0.15) is 8.42 Å². The summed E-state index contributed by atoms with van der Waals surface area (Å²) < 4.78 is 75.5. The molecule has 2 fully saturated rings. The lowest BCUT2D eigenvalue weighted by Crippen LogP contribution is -2.47. The molecule has 2 heterocycles. The molecule has 5 rings (SSSR count). The average molecular weight is 539 g/mol. The van der Waals surface area contributed by atoms with E-state index in [0.29, 0.717) is 9.87 Å². The third-order valence-corrected chi connectivity index (χ3v) is 8.09. The highest BCUT2D eigenvalue weighted by molar-refractivity contribution is 7.92. The third-order valence-electron chi connectivity index (χ3n) is 6.71. The minimum atomic E-state index is -4.34. The van der Waals surface area contributed by atoms with Gasteiger partial charge in [0.25, 0.3) is 5.91 Å². The number of fused-ring (bicyclic) bond motifs is 1. The van der Waals surface area contributed by atoms with Crippen molar-refractivity contribution in [1.82, 2.24) is 14.9 Å². The van der Waals surface area contributed by atoms with Crippen LogP contribution in [0, 0.1) is 11.7 Å². The Morgan fingerprint density at radius 3 is 2.57 bits per heavy atom. The van der Waals surface area contributed by atoms with Crippen molar-refractivity contribution in [1.29, 1.82) is 0 Å². The molecule has 0 unspecified atom stereocenters. The second-order valence-corrected chi connectivity index (χ2v) is 11.1. The van der Waals surface area contributed by atoms with E-state index in [4.69, 9.17) is 4.74 Å². The van der Waals surface area contributed by atoms with Crippen molar-refractivity contribution in [2.75, 3.05) is 23.9 Å². The molecule has 2 aliphatic heterocycles. The molecule has 0 spiro atoms. The standard InChI is InChI=1S/C24H25F3N4O5S/c25-21-18-12-30(23(33)28-11-16-9-24(26,27)10-16)7-6-17(18)8-19(36-14-15-4-2-1-3-5-15)22(21)31-13-20(32)29-37(31,34)35/h1-5,8,16H,6-7,9-14H2,(H,28,33)(H,29,32). The van der Waals surface area contributed by atoms with Gasteiger partial charge in [0.2, 0.25) is 5.92 Å². The molecule has 0 radical (unpaired) electrons. The van der Waals surface area contributed by atoms with Crippen molar-refractivity contribution in [3.05, 3.63) is 58.9 Å². The zero-order valence-electron chi connectivity index (χ0n) is 19.7. The number of ether oxygens (including phenoxy) is 1. The fourth-order valence-electron chi connectivity index (χ4n) is 4.79. The van der Waals surface area contributed by atoms with Crippen LogP contribution in [0.2, 0.25) is 0 Å². The zero-order chi connectivity index (χ0) is 26.4. The van der Waals surface area contributed by atoms with E-state index in [-0.39, 0.29) is 62.7 Å². The molecular formula is C24H25F3N4O5S. The maximum Gasteiger partial charge on any atom is 0.326 e. The number of carbonyl (C=O) groups excluding carboxylic acids is 2. The van der Waals surface area contributed by atoms with Gasteiger partial charge in [-0.05, 0) is 29.5 Å². The number of rotatable bonds is 6. The van der Waals surface area contributed by atoms with Gasteiger partial charge in [-0.1, -0.05) is 30.3 Å². The van der Waals surface area contributed by atoms with Crippen LogP contribution in [-0.2, 0) is 34.6 Å². The smallest absolute Gasteiger partial charge is 0.326 e. The van der Waals surface area contributed by atoms with Crippen LogP contribution in [0.5, 0.6) is 5.75 Å². The second kappa shape index (κ2) is 9.43. The summed E-state index contributed by atoms with van der Waals surface area (Å²) in [7, 11) is -4.34. The first-order chi connectivity index (χ1) is 17.5. The molecule has 2 aromatic carbocycles. The molecule has 3 amide bonds. The summed E-state index contributed by atoms with van der Waals surface area (Å²) in [5.41, 5.74) is 1.01. The Bertz CT molecular complexity index is 1330. The molecule has 1 aliphatic carbocycles. The lowest BCUT2D eigenvalue weighted by atomic mass is 9.81. The van der Waals surface area contributed by atoms with Gasteiger partial charge in [-0.15, -0.1) is 0 Å². The number of hydrogen-bond donors (Lipinski definition) is 2. The van der Waals surface area contributed by atoms with Gasteiger partial charge in [0.1, 0.15) is 24.6 Å². The molecule has 2 N–H and O–H groups in total. The molecule has 13 heteroatoms. The molecule has 0 atom stereocenters. The first-order valence-electron chi connectivity index (χ1n) is 11.8. The number of hydrogen-bond acceptors (Lipinski definition) is 5.